The van der Waals surface area contributed by atoms with Crippen LogP contribution in [0.2, 0.25) is 0 Å². The van der Waals surface area contributed by atoms with Gasteiger partial charge in [0.05, 0.1) is 11.7 Å². The summed E-state index contributed by atoms with van der Waals surface area (Å²) in [5, 5.41) is 5.29. The lowest BCUT2D eigenvalue weighted by molar-refractivity contribution is 0.170. The Morgan fingerprint density at radius 2 is 1.79 bits per heavy atom. The normalized spacial score (nSPS) is 18.3. The molecule has 5 nitrogen and oxygen atoms in total. The Hall–Kier alpha value is -3.21. The van der Waals surface area contributed by atoms with Gasteiger partial charge in [0.2, 0.25) is 0 Å². The van der Waals surface area contributed by atoms with Crippen molar-refractivity contribution in [1.82, 2.24) is 4.90 Å². The second-order valence-electron chi connectivity index (χ2n) is 7.21. The minimum Gasteiger partial charge on any atom is -0.486 e. The SMILES string of the molecule is O=C(Nc1cccc2ccccc12)N1CCCC1c1ccc2c(c1)OCCO2. The number of nitrogens with one attached hydrogen (secondary N) is 1. The van der Waals surface area contributed by atoms with Crippen LogP contribution in [0.3, 0.4) is 0 Å². The lowest BCUT2D eigenvalue weighted by Crippen LogP contribution is -2.34. The van der Waals surface area contributed by atoms with Crippen molar-refractivity contribution >= 4 is 22.5 Å². The molecule has 3 aromatic carbocycles. The molecule has 3 aromatic rings. The summed E-state index contributed by atoms with van der Waals surface area (Å²) >= 11 is 0. The Labute approximate surface area is 163 Å². The molecule has 2 heterocycles. The van der Waals surface area contributed by atoms with Gasteiger partial charge in [0.25, 0.3) is 0 Å². The van der Waals surface area contributed by atoms with E-state index in [4.69, 9.17) is 9.47 Å². The third kappa shape index (κ3) is 3.03. The fraction of sp³-hybridized carbons (Fsp3) is 0.261. The van der Waals surface area contributed by atoms with Crippen molar-refractivity contribution in [2.24, 2.45) is 0 Å². The van der Waals surface area contributed by atoms with Crippen LogP contribution in [-0.2, 0) is 0 Å². The molecule has 0 radical (unpaired) electrons. The van der Waals surface area contributed by atoms with Crippen LogP contribution < -0.4 is 14.8 Å². The Morgan fingerprint density at radius 1 is 0.964 bits per heavy atom. The third-order valence-corrected chi connectivity index (χ3v) is 5.50. The minimum atomic E-state index is -0.0613. The number of hydrogen-bond donors (Lipinski definition) is 1. The molecule has 0 aliphatic carbocycles. The van der Waals surface area contributed by atoms with E-state index in [0.717, 1.165) is 52.9 Å². The molecule has 5 rings (SSSR count). The number of anilines is 1. The van der Waals surface area contributed by atoms with Gasteiger partial charge in [0.15, 0.2) is 11.5 Å². The van der Waals surface area contributed by atoms with E-state index in [0.29, 0.717) is 13.2 Å². The summed E-state index contributed by atoms with van der Waals surface area (Å²) in [6, 6.07) is 20.1. The Morgan fingerprint density at radius 3 is 2.71 bits per heavy atom. The van der Waals surface area contributed by atoms with Gasteiger partial charge >= 0.3 is 6.03 Å². The van der Waals surface area contributed by atoms with E-state index in [9.17, 15) is 4.79 Å². The standard InChI is InChI=1S/C23H22N2O3/c26-23(24-19-8-3-6-16-5-1-2-7-18(16)19)25-12-4-9-20(25)17-10-11-21-22(15-17)28-14-13-27-21/h1-3,5-8,10-11,15,20H,4,9,12-14H2,(H,24,26). The molecule has 142 valence electrons. The number of hydrogen-bond acceptors (Lipinski definition) is 3. The largest absolute Gasteiger partial charge is 0.486 e. The molecule has 1 N–H and O–H groups in total. The van der Waals surface area contributed by atoms with Gasteiger partial charge in [0.1, 0.15) is 13.2 Å². The highest BCUT2D eigenvalue weighted by Crippen LogP contribution is 2.38. The molecular weight excluding hydrogens is 352 g/mol. The zero-order chi connectivity index (χ0) is 18.9. The molecule has 0 aromatic heterocycles. The Kier molecular flexibility index (Phi) is 4.28. The fourth-order valence-corrected chi connectivity index (χ4v) is 4.14. The number of likely N-dealkylation sites (tertiary alicyclic amines) is 1. The average Bonchev–Trinajstić information content (AvgIpc) is 3.24. The highest BCUT2D eigenvalue weighted by molar-refractivity contribution is 6.01. The molecule has 2 aliphatic rings. The molecule has 2 aliphatic heterocycles. The number of amides is 2. The van der Waals surface area contributed by atoms with Gasteiger partial charge in [-0.3, -0.25) is 0 Å². The predicted molar refractivity (Wildman–Crippen MR) is 109 cm³/mol. The molecule has 1 saturated heterocycles. The molecular formula is C23H22N2O3. The van der Waals surface area contributed by atoms with Crippen molar-refractivity contribution < 1.29 is 14.3 Å². The van der Waals surface area contributed by atoms with Gasteiger partial charge in [-0.1, -0.05) is 42.5 Å². The van der Waals surface area contributed by atoms with Crippen molar-refractivity contribution in [1.29, 1.82) is 0 Å². The summed E-state index contributed by atoms with van der Waals surface area (Å²) < 4.78 is 11.3. The van der Waals surface area contributed by atoms with Crippen LogP contribution >= 0.6 is 0 Å². The van der Waals surface area contributed by atoms with Gasteiger partial charge in [-0.2, -0.15) is 0 Å². The van der Waals surface area contributed by atoms with E-state index in [2.05, 4.69) is 17.4 Å². The molecule has 2 amide bonds. The maximum Gasteiger partial charge on any atom is 0.322 e. The van der Waals surface area contributed by atoms with Crippen molar-refractivity contribution in [3.05, 3.63) is 66.2 Å². The van der Waals surface area contributed by atoms with Crippen LogP contribution in [0.5, 0.6) is 11.5 Å². The van der Waals surface area contributed by atoms with Crippen LogP contribution in [0.15, 0.2) is 60.7 Å². The highest BCUT2D eigenvalue weighted by atomic mass is 16.6. The van der Waals surface area contributed by atoms with Crippen LogP contribution in [0.4, 0.5) is 10.5 Å². The number of carbonyl (C=O) groups excluding carboxylic acids is 1. The maximum atomic E-state index is 13.1. The summed E-state index contributed by atoms with van der Waals surface area (Å²) in [5.41, 5.74) is 1.94. The molecule has 1 fully saturated rings. The van der Waals surface area contributed by atoms with Crippen LogP contribution in [0.25, 0.3) is 10.8 Å². The second kappa shape index (κ2) is 7.08. The van der Waals surface area contributed by atoms with Gasteiger partial charge in [-0.15, -0.1) is 0 Å². The predicted octanol–water partition coefficient (Wildman–Crippen LogP) is 4.98. The van der Waals surface area contributed by atoms with Crippen molar-refractivity contribution in [3.63, 3.8) is 0 Å². The molecule has 1 unspecified atom stereocenters. The first kappa shape index (κ1) is 16.9. The first-order valence-corrected chi connectivity index (χ1v) is 9.74. The van der Waals surface area contributed by atoms with Crippen molar-refractivity contribution in [2.45, 2.75) is 18.9 Å². The molecule has 0 spiro atoms. The molecule has 28 heavy (non-hydrogen) atoms. The van der Waals surface area contributed by atoms with Crippen molar-refractivity contribution in [3.8, 4) is 11.5 Å². The fourth-order valence-electron chi connectivity index (χ4n) is 4.14. The number of nitrogens with zero attached hydrogens (tertiary/aromatic N) is 1. The first-order chi connectivity index (χ1) is 13.8. The molecule has 1 atom stereocenters. The quantitative estimate of drug-likeness (QED) is 0.688. The van der Waals surface area contributed by atoms with E-state index >= 15 is 0 Å². The highest BCUT2D eigenvalue weighted by Gasteiger charge is 2.31. The van der Waals surface area contributed by atoms with Crippen LogP contribution in [0.1, 0.15) is 24.4 Å². The van der Waals surface area contributed by atoms with Gasteiger partial charge in [0, 0.05) is 11.9 Å². The third-order valence-electron chi connectivity index (χ3n) is 5.50. The lowest BCUT2D eigenvalue weighted by Gasteiger charge is -2.27. The van der Waals surface area contributed by atoms with Crippen LogP contribution in [0, 0.1) is 0 Å². The van der Waals surface area contributed by atoms with E-state index in [1.54, 1.807) is 0 Å². The zero-order valence-corrected chi connectivity index (χ0v) is 15.6. The molecule has 0 bridgehead atoms. The topological polar surface area (TPSA) is 50.8 Å². The monoisotopic (exact) mass is 374 g/mol. The van der Waals surface area contributed by atoms with Crippen LogP contribution in [-0.4, -0.2) is 30.7 Å². The number of ether oxygens (including phenoxy) is 2. The van der Waals surface area contributed by atoms with E-state index in [-0.39, 0.29) is 12.1 Å². The zero-order valence-electron chi connectivity index (χ0n) is 15.6. The van der Waals surface area contributed by atoms with Gasteiger partial charge in [-0.25, -0.2) is 4.79 Å². The van der Waals surface area contributed by atoms with Gasteiger partial charge < -0.3 is 19.7 Å². The summed E-state index contributed by atoms with van der Waals surface area (Å²) in [4.78, 5) is 15.0. The Bertz CT molecular complexity index is 1030. The van der Waals surface area contributed by atoms with Gasteiger partial charge in [-0.05, 0) is 42.0 Å². The lowest BCUT2D eigenvalue weighted by atomic mass is 10.0. The number of carbonyl (C=O) groups is 1. The number of benzene rings is 3. The summed E-state index contributed by atoms with van der Waals surface area (Å²) in [6.07, 6.45) is 1.94. The average molecular weight is 374 g/mol. The molecule has 0 saturated carbocycles. The van der Waals surface area contributed by atoms with E-state index < -0.39 is 0 Å². The first-order valence-electron chi connectivity index (χ1n) is 9.74. The summed E-state index contributed by atoms with van der Waals surface area (Å²) in [6.45, 7) is 1.89. The number of rotatable bonds is 2. The number of urea groups is 1. The summed E-state index contributed by atoms with van der Waals surface area (Å²) in [5.74, 6) is 1.55. The second-order valence-corrected chi connectivity index (χ2v) is 7.21. The number of fused-ring (bicyclic) bond motifs is 2. The van der Waals surface area contributed by atoms with E-state index in [1.807, 2.05) is 53.4 Å². The Balaban J connectivity index is 1.40. The minimum absolute atomic E-state index is 0.0470. The van der Waals surface area contributed by atoms with Crippen molar-refractivity contribution in [2.75, 3.05) is 25.1 Å². The summed E-state index contributed by atoms with van der Waals surface area (Å²) in [7, 11) is 0. The van der Waals surface area contributed by atoms with E-state index in [1.165, 1.54) is 0 Å². The smallest absolute Gasteiger partial charge is 0.322 e. The maximum absolute atomic E-state index is 13.1. The molecule has 5 heteroatoms.